The van der Waals surface area contributed by atoms with Crippen LogP contribution in [0.3, 0.4) is 0 Å². The van der Waals surface area contributed by atoms with Gasteiger partial charge >= 0.3 is 0 Å². The molecule has 0 unspecified atom stereocenters. The van der Waals surface area contributed by atoms with E-state index in [9.17, 15) is 9.59 Å². The number of benzene rings is 2. The molecule has 0 atom stereocenters. The third kappa shape index (κ3) is 3.22. The molecule has 0 radical (unpaired) electrons. The summed E-state index contributed by atoms with van der Waals surface area (Å²) in [5.41, 5.74) is 1.32. The predicted octanol–water partition coefficient (Wildman–Crippen LogP) is 4.99. The van der Waals surface area contributed by atoms with Crippen LogP contribution >= 0.6 is 11.3 Å². The van der Waals surface area contributed by atoms with Crippen molar-refractivity contribution in [1.29, 1.82) is 0 Å². The van der Waals surface area contributed by atoms with Gasteiger partial charge < -0.3 is 14.5 Å². The number of thiophene rings is 1. The summed E-state index contributed by atoms with van der Waals surface area (Å²) < 4.78 is 11.0. The number of carbonyl (C=O) groups is 2. The number of nitrogens with one attached hydrogen (secondary N) is 1. The normalized spacial score (nSPS) is 10.7. The number of anilines is 1. The molecule has 0 saturated carbocycles. The first-order valence-electron chi connectivity index (χ1n) is 8.22. The molecule has 5 nitrogen and oxygen atoms in total. The summed E-state index contributed by atoms with van der Waals surface area (Å²) in [7, 11) is 1.54. The fourth-order valence-electron chi connectivity index (χ4n) is 2.81. The van der Waals surface area contributed by atoms with E-state index in [2.05, 4.69) is 5.32 Å². The lowest BCUT2D eigenvalue weighted by molar-refractivity contribution is 0.101. The number of fused-ring (bicyclic) bond motifs is 1. The van der Waals surface area contributed by atoms with E-state index in [1.807, 2.05) is 23.6 Å². The van der Waals surface area contributed by atoms with Crippen LogP contribution in [0, 0.1) is 0 Å². The zero-order valence-corrected chi connectivity index (χ0v) is 15.2. The first kappa shape index (κ1) is 17.1. The van der Waals surface area contributed by atoms with Gasteiger partial charge in [-0.1, -0.05) is 30.3 Å². The van der Waals surface area contributed by atoms with Gasteiger partial charge in [0.25, 0.3) is 5.91 Å². The van der Waals surface area contributed by atoms with Crippen molar-refractivity contribution >= 4 is 39.7 Å². The number of carbonyl (C=O) groups excluding carboxylic acids is 2. The summed E-state index contributed by atoms with van der Waals surface area (Å²) >= 11 is 1.33. The van der Waals surface area contributed by atoms with E-state index in [0.29, 0.717) is 32.8 Å². The maximum Gasteiger partial charge on any atom is 0.265 e. The number of furan rings is 1. The third-order valence-corrected chi connectivity index (χ3v) is 4.99. The van der Waals surface area contributed by atoms with Crippen molar-refractivity contribution in [2.75, 3.05) is 12.4 Å². The number of para-hydroxylation sites is 1. The summed E-state index contributed by atoms with van der Waals surface area (Å²) in [5.74, 6) is 0.0540. The molecule has 4 aromatic rings. The SMILES string of the molecule is COc1cccc(C(=O)c2oc3ccccc3c2NC(=O)c2cccs2)c1. The lowest BCUT2D eigenvalue weighted by Gasteiger charge is -2.06. The second-order valence-electron chi connectivity index (χ2n) is 5.79. The second-order valence-corrected chi connectivity index (χ2v) is 6.74. The van der Waals surface area contributed by atoms with Crippen molar-refractivity contribution < 1.29 is 18.7 Å². The third-order valence-electron chi connectivity index (χ3n) is 4.12. The molecule has 4 rings (SSSR count). The molecule has 0 aliphatic carbocycles. The average molecular weight is 377 g/mol. The molecular formula is C21H15NO4S. The molecule has 0 spiro atoms. The minimum atomic E-state index is -0.327. The van der Waals surface area contributed by atoms with Crippen molar-refractivity contribution in [2.45, 2.75) is 0 Å². The van der Waals surface area contributed by atoms with Crippen molar-refractivity contribution in [1.82, 2.24) is 0 Å². The molecule has 0 fully saturated rings. The zero-order valence-electron chi connectivity index (χ0n) is 14.4. The zero-order chi connectivity index (χ0) is 18.8. The molecular weight excluding hydrogens is 362 g/mol. The number of ketones is 1. The van der Waals surface area contributed by atoms with Gasteiger partial charge in [0.2, 0.25) is 5.78 Å². The first-order chi connectivity index (χ1) is 13.2. The highest BCUT2D eigenvalue weighted by Gasteiger charge is 2.24. The topological polar surface area (TPSA) is 68.5 Å². The van der Waals surface area contributed by atoms with E-state index in [1.54, 1.807) is 42.5 Å². The fraction of sp³-hybridized carbons (Fsp3) is 0.0476. The molecule has 2 heterocycles. The van der Waals surface area contributed by atoms with Crippen molar-refractivity contribution in [3.8, 4) is 5.75 Å². The van der Waals surface area contributed by atoms with Crippen molar-refractivity contribution in [2.24, 2.45) is 0 Å². The Labute approximate surface area is 159 Å². The largest absolute Gasteiger partial charge is 0.497 e. The van der Waals surface area contributed by atoms with Crippen LogP contribution in [0.4, 0.5) is 5.69 Å². The van der Waals surface area contributed by atoms with Gasteiger partial charge in [0, 0.05) is 10.9 Å². The van der Waals surface area contributed by atoms with Crippen molar-refractivity contribution in [3.63, 3.8) is 0 Å². The predicted molar refractivity (Wildman–Crippen MR) is 105 cm³/mol. The molecule has 2 aromatic heterocycles. The van der Waals surface area contributed by atoms with Crippen LogP contribution in [0.15, 0.2) is 70.5 Å². The smallest absolute Gasteiger partial charge is 0.265 e. The number of ether oxygens (including phenoxy) is 1. The van der Waals surface area contributed by atoms with Crippen molar-refractivity contribution in [3.05, 3.63) is 82.2 Å². The van der Waals surface area contributed by atoms with Gasteiger partial charge in [-0.15, -0.1) is 11.3 Å². The maximum absolute atomic E-state index is 13.1. The molecule has 0 saturated heterocycles. The minimum Gasteiger partial charge on any atom is -0.497 e. The second kappa shape index (κ2) is 7.09. The first-order valence-corrected chi connectivity index (χ1v) is 9.10. The standard InChI is InChI=1S/C21H15NO4S/c1-25-14-7-4-6-13(12-14)19(23)20-18(15-8-2-3-9-16(15)26-20)22-21(24)17-10-5-11-27-17/h2-12H,1H3,(H,22,24). The van der Waals surface area contributed by atoms with E-state index < -0.39 is 0 Å². The molecule has 134 valence electrons. The number of amides is 1. The average Bonchev–Trinajstić information content (AvgIpc) is 3.36. The molecule has 0 aliphatic heterocycles. The Kier molecular flexibility index (Phi) is 4.48. The Morgan fingerprint density at radius 1 is 1.04 bits per heavy atom. The quantitative estimate of drug-likeness (QED) is 0.498. The molecule has 27 heavy (non-hydrogen) atoms. The van der Waals surface area contributed by atoms with Gasteiger partial charge in [-0.2, -0.15) is 0 Å². The van der Waals surface area contributed by atoms with E-state index in [0.717, 1.165) is 0 Å². The molecule has 0 aliphatic rings. The Morgan fingerprint density at radius 3 is 2.67 bits per heavy atom. The van der Waals surface area contributed by atoms with Crippen LogP contribution in [0.5, 0.6) is 5.75 Å². The van der Waals surface area contributed by atoms with E-state index >= 15 is 0 Å². The summed E-state index contributed by atoms with van der Waals surface area (Å²) in [6.07, 6.45) is 0. The van der Waals surface area contributed by atoms with Gasteiger partial charge in [-0.25, -0.2) is 0 Å². The van der Waals surface area contributed by atoms with E-state index in [1.165, 1.54) is 18.4 Å². The molecule has 2 aromatic carbocycles. The van der Waals surface area contributed by atoms with Gasteiger partial charge in [0.1, 0.15) is 11.3 Å². The number of methoxy groups -OCH3 is 1. The van der Waals surface area contributed by atoms with E-state index in [-0.39, 0.29) is 17.5 Å². The summed E-state index contributed by atoms with van der Waals surface area (Å²) in [5, 5.41) is 5.34. The number of hydrogen-bond acceptors (Lipinski definition) is 5. The van der Waals surface area contributed by atoms with Crippen LogP contribution < -0.4 is 10.1 Å². The maximum atomic E-state index is 13.1. The Balaban J connectivity index is 1.80. The molecule has 0 bridgehead atoms. The van der Waals surface area contributed by atoms with Crippen LogP contribution in [-0.2, 0) is 0 Å². The highest BCUT2D eigenvalue weighted by Crippen LogP contribution is 2.33. The summed E-state index contributed by atoms with van der Waals surface area (Å²) in [6, 6.07) is 17.6. The lowest BCUT2D eigenvalue weighted by Crippen LogP contribution is -2.13. The van der Waals surface area contributed by atoms with Gasteiger partial charge in [0.15, 0.2) is 5.76 Å². The molecule has 1 amide bonds. The number of hydrogen-bond donors (Lipinski definition) is 1. The molecule has 6 heteroatoms. The van der Waals surface area contributed by atoms with Crippen LogP contribution in [0.25, 0.3) is 11.0 Å². The van der Waals surface area contributed by atoms with Gasteiger partial charge in [0.05, 0.1) is 17.7 Å². The van der Waals surface area contributed by atoms with Crippen LogP contribution in [0.1, 0.15) is 25.8 Å². The minimum absolute atomic E-state index is 0.0920. The summed E-state index contributed by atoms with van der Waals surface area (Å²) in [6.45, 7) is 0. The highest BCUT2D eigenvalue weighted by molar-refractivity contribution is 7.12. The van der Waals surface area contributed by atoms with E-state index in [4.69, 9.17) is 9.15 Å². The van der Waals surface area contributed by atoms with Crippen LogP contribution in [-0.4, -0.2) is 18.8 Å². The number of rotatable bonds is 5. The highest BCUT2D eigenvalue weighted by atomic mass is 32.1. The van der Waals surface area contributed by atoms with Gasteiger partial charge in [-0.05, 0) is 35.7 Å². The lowest BCUT2D eigenvalue weighted by atomic mass is 10.1. The van der Waals surface area contributed by atoms with Crippen LogP contribution in [0.2, 0.25) is 0 Å². The van der Waals surface area contributed by atoms with Gasteiger partial charge in [-0.3, -0.25) is 9.59 Å². The Bertz CT molecular complexity index is 1130. The Hall–Kier alpha value is -3.38. The fourth-order valence-corrected chi connectivity index (χ4v) is 3.43. The summed E-state index contributed by atoms with van der Waals surface area (Å²) in [4.78, 5) is 26.2. The molecule has 1 N–H and O–H groups in total. The monoisotopic (exact) mass is 377 g/mol. The Morgan fingerprint density at radius 2 is 1.89 bits per heavy atom.